The molecule has 0 saturated heterocycles. The first-order valence-electron chi connectivity index (χ1n) is 10.2. The summed E-state index contributed by atoms with van der Waals surface area (Å²) < 4.78 is 29.4. The van der Waals surface area contributed by atoms with Crippen molar-refractivity contribution in [2.75, 3.05) is 19.0 Å². The number of ether oxygens (including phenoxy) is 2. The number of hydrogen-bond acceptors (Lipinski definition) is 5. The Morgan fingerprint density at radius 2 is 2.03 bits per heavy atom. The van der Waals surface area contributed by atoms with E-state index in [0.29, 0.717) is 13.2 Å². The van der Waals surface area contributed by atoms with Crippen LogP contribution in [0.3, 0.4) is 0 Å². The number of carbonyl (C=O) groups excluding carboxylic acids is 1. The van der Waals surface area contributed by atoms with Gasteiger partial charge in [0.15, 0.2) is 9.92 Å². The van der Waals surface area contributed by atoms with Gasteiger partial charge >= 0.3 is 6.03 Å². The molecule has 0 bridgehead atoms. The van der Waals surface area contributed by atoms with Crippen molar-refractivity contribution >= 4 is 21.6 Å². The summed E-state index contributed by atoms with van der Waals surface area (Å²) in [6.07, 6.45) is 7.19. The normalized spacial score (nSPS) is 20.8. The number of aryl methyl sites for hydroxylation is 2. The summed E-state index contributed by atoms with van der Waals surface area (Å²) in [4.78, 5) is 12.9. The van der Waals surface area contributed by atoms with Crippen LogP contribution >= 0.6 is 0 Å². The first-order valence-corrected chi connectivity index (χ1v) is 11.8. The molecule has 0 radical (unpaired) electrons. The number of anilines is 1. The predicted molar refractivity (Wildman–Crippen MR) is 111 cm³/mol. The van der Waals surface area contributed by atoms with E-state index in [-0.39, 0.29) is 16.9 Å². The molecule has 30 heavy (non-hydrogen) atoms. The average Bonchev–Trinajstić information content (AvgIpc) is 3.44. The standard InChI is InChI=1S/C20H25N5O4S/c1-28-11-14-10-25-19(29-14)17(9-22-25)30(21,27)24-20(26)23-18-15-6-2-4-12(15)8-13-5-3-7-16(13)18/h8-9,14H,2-7,10-11H2,1H3,(H3,21,23,24,26,27)/t14-,30-/m1/s1. The molecule has 0 fully saturated rings. The SMILES string of the molecule is COC[C@H]1Cn2ncc([S@](N)(=O)=NC(=O)Nc3c4c(cc5c3CCC5)CCC4)c2O1. The summed E-state index contributed by atoms with van der Waals surface area (Å²) in [5, 5.41) is 13.1. The molecular weight excluding hydrogens is 406 g/mol. The van der Waals surface area contributed by atoms with Gasteiger partial charge in [0.2, 0.25) is 5.88 Å². The zero-order chi connectivity index (χ0) is 20.9. The molecule has 0 saturated carbocycles. The lowest BCUT2D eigenvalue weighted by Crippen LogP contribution is -2.22. The summed E-state index contributed by atoms with van der Waals surface area (Å²) in [5.74, 6) is 0.280. The molecular formula is C20H25N5O4S. The van der Waals surface area contributed by atoms with E-state index in [9.17, 15) is 9.00 Å². The largest absolute Gasteiger partial charge is 0.469 e. The van der Waals surface area contributed by atoms with Crippen molar-refractivity contribution in [1.29, 1.82) is 0 Å². The lowest BCUT2D eigenvalue weighted by atomic mass is 9.99. The molecule has 5 rings (SSSR count). The summed E-state index contributed by atoms with van der Waals surface area (Å²) in [6.45, 7) is 0.837. The second kappa shape index (κ2) is 7.36. The molecule has 3 N–H and O–H groups in total. The Balaban J connectivity index is 1.44. The molecule has 2 aromatic rings. The molecule has 2 heterocycles. The third-order valence-electron chi connectivity index (χ3n) is 6.01. The minimum atomic E-state index is -3.51. The minimum absolute atomic E-state index is 0.125. The van der Waals surface area contributed by atoms with Crippen LogP contribution in [0.15, 0.2) is 21.5 Å². The van der Waals surface area contributed by atoms with E-state index in [0.717, 1.165) is 44.2 Å². The van der Waals surface area contributed by atoms with Crippen LogP contribution in [0.2, 0.25) is 0 Å². The Morgan fingerprint density at radius 3 is 2.70 bits per heavy atom. The highest BCUT2D eigenvalue weighted by Gasteiger charge is 2.31. The maximum Gasteiger partial charge on any atom is 0.354 e. The van der Waals surface area contributed by atoms with Gasteiger partial charge in [-0.1, -0.05) is 6.07 Å². The van der Waals surface area contributed by atoms with Crippen molar-refractivity contribution in [3.05, 3.63) is 34.5 Å². The summed E-state index contributed by atoms with van der Waals surface area (Å²) in [7, 11) is -1.94. The van der Waals surface area contributed by atoms with Crippen LogP contribution in [0.25, 0.3) is 0 Å². The molecule has 2 atom stereocenters. The highest BCUT2D eigenvalue weighted by Crippen LogP contribution is 2.38. The number of urea groups is 1. The van der Waals surface area contributed by atoms with Gasteiger partial charge < -0.3 is 14.8 Å². The van der Waals surface area contributed by atoms with Gasteiger partial charge in [0.05, 0.1) is 19.3 Å². The maximum atomic E-state index is 13.1. The number of amides is 2. The quantitative estimate of drug-likeness (QED) is 0.769. The lowest BCUT2D eigenvalue weighted by molar-refractivity contribution is 0.0920. The summed E-state index contributed by atoms with van der Waals surface area (Å²) >= 11 is 0. The van der Waals surface area contributed by atoms with Gasteiger partial charge in [-0.25, -0.2) is 18.8 Å². The number of aromatic nitrogens is 2. The van der Waals surface area contributed by atoms with Crippen molar-refractivity contribution in [2.45, 2.75) is 56.1 Å². The van der Waals surface area contributed by atoms with E-state index < -0.39 is 15.9 Å². The van der Waals surface area contributed by atoms with E-state index in [1.54, 1.807) is 11.8 Å². The first kappa shape index (κ1) is 19.5. The van der Waals surface area contributed by atoms with Crippen molar-refractivity contribution in [2.24, 2.45) is 9.50 Å². The molecule has 0 spiro atoms. The lowest BCUT2D eigenvalue weighted by Gasteiger charge is -2.15. The molecule has 2 amide bonds. The number of nitrogens with one attached hydrogen (secondary N) is 1. The van der Waals surface area contributed by atoms with Gasteiger partial charge in [0, 0.05) is 12.8 Å². The Bertz CT molecular complexity index is 1120. The zero-order valence-electron chi connectivity index (χ0n) is 16.8. The molecule has 2 aliphatic carbocycles. The van der Waals surface area contributed by atoms with Crippen LogP contribution < -0.4 is 15.2 Å². The van der Waals surface area contributed by atoms with Gasteiger partial charge in [0.1, 0.15) is 11.0 Å². The minimum Gasteiger partial charge on any atom is -0.469 e. The van der Waals surface area contributed by atoms with E-state index >= 15 is 0 Å². The Hall–Kier alpha value is -2.43. The fourth-order valence-electron chi connectivity index (χ4n) is 4.74. The summed E-state index contributed by atoms with van der Waals surface area (Å²) in [6, 6.07) is 1.58. The highest BCUT2D eigenvalue weighted by molar-refractivity contribution is 7.91. The molecule has 3 aliphatic rings. The molecule has 1 aliphatic heterocycles. The fourth-order valence-corrected chi connectivity index (χ4v) is 5.73. The van der Waals surface area contributed by atoms with Crippen molar-refractivity contribution < 1.29 is 18.5 Å². The van der Waals surface area contributed by atoms with E-state index in [2.05, 4.69) is 20.8 Å². The summed E-state index contributed by atoms with van der Waals surface area (Å²) in [5.41, 5.74) is 5.80. The Morgan fingerprint density at radius 1 is 1.33 bits per heavy atom. The first-order chi connectivity index (χ1) is 14.5. The van der Waals surface area contributed by atoms with Crippen LogP contribution in [0.1, 0.15) is 35.1 Å². The molecule has 10 heteroatoms. The second-order valence-electron chi connectivity index (χ2n) is 8.02. The van der Waals surface area contributed by atoms with Crippen molar-refractivity contribution in [3.8, 4) is 5.88 Å². The monoisotopic (exact) mass is 431 g/mol. The van der Waals surface area contributed by atoms with Gasteiger partial charge in [0.25, 0.3) is 0 Å². The number of benzene rings is 1. The topological polar surface area (TPSA) is 121 Å². The molecule has 1 aromatic heterocycles. The molecule has 9 nitrogen and oxygen atoms in total. The smallest absolute Gasteiger partial charge is 0.354 e. The van der Waals surface area contributed by atoms with Crippen LogP contribution in [-0.4, -0.2) is 39.8 Å². The van der Waals surface area contributed by atoms with E-state index in [1.165, 1.54) is 28.5 Å². The zero-order valence-corrected chi connectivity index (χ0v) is 17.7. The molecule has 160 valence electrons. The third kappa shape index (κ3) is 3.28. The fraction of sp³-hybridized carbons (Fsp3) is 0.500. The Labute approximate surface area is 175 Å². The van der Waals surface area contributed by atoms with Crippen molar-refractivity contribution in [1.82, 2.24) is 9.78 Å². The maximum absolute atomic E-state index is 13.1. The number of nitrogens with two attached hydrogens (primary N) is 1. The average molecular weight is 432 g/mol. The van der Waals surface area contributed by atoms with Crippen LogP contribution in [0, 0.1) is 0 Å². The molecule has 1 aromatic carbocycles. The molecule has 0 unspecified atom stereocenters. The Kier molecular flexibility index (Phi) is 4.79. The van der Waals surface area contributed by atoms with Crippen LogP contribution in [0.4, 0.5) is 10.5 Å². The van der Waals surface area contributed by atoms with Gasteiger partial charge in [-0.05, 0) is 60.8 Å². The van der Waals surface area contributed by atoms with Crippen LogP contribution in [-0.2, 0) is 46.9 Å². The van der Waals surface area contributed by atoms with E-state index in [4.69, 9.17) is 14.6 Å². The number of fused-ring (bicyclic) bond motifs is 3. The van der Waals surface area contributed by atoms with Gasteiger partial charge in [-0.3, -0.25) is 0 Å². The van der Waals surface area contributed by atoms with Crippen LogP contribution in [0.5, 0.6) is 5.88 Å². The van der Waals surface area contributed by atoms with E-state index in [1.807, 2.05) is 0 Å². The number of nitrogens with zero attached hydrogens (tertiary/aromatic N) is 3. The van der Waals surface area contributed by atoms with Crippen molar-refractivity contribution in [3.63, 3.8) is 0 Å². The predicted octanol–water partition coefficient (Wildman–Crippen LogP) is 2.20. The highest BCUT2D eigenvalue weighted by atomic mass is 32.2. The third-order valence-corrected chi connectivity index (χ3v) is 7.35. The second-order valence-corrected chi connectivity index (χ2v) is 9.78. The number of rotatable bonds is 4. The number of carbonyl (C=O) groups is 1. The van der Waals surface area contributed by atoms with Gasteiger partial charge in [-0.15, -0.1) is 4.36 Å². The number of hydrogen-bond donors (Lipinski definition) is 2. The number of methoxy groups -OCH3 is 1. The van der Waals surface area contributed by atoms with Gasteiger partial charge in [-0.2, -0.15) is 5.10 Å².